The third-order valence-electron chi connectivity index (χ3n) is 1.68. The summed E-state index contributed by atoms with van der Waals surface area (Å²) in [4.78, 5) is 11.3. The van der Waals surface area contributed by atoms with Crippen molar-refractivity contribution >= 4 is 6.09 Å². The molecular weight excluding hydrogens is 178 g/mol. The van der Waals surface area contributed by atoms with Gasteiger partial charge in [-0.15, -0.1) is 0 Å². The lowest BCUT2D eigenvalue weighted by molar-refractivity contribution is 0.0515. The average Bonchev–Trinajstić information content (AvgIpc) is 2.02. The summed E-state index contributed by atoms with van der Waals surface area (Å²) >= 11 is 0. The van der Waals surface area contributed by atoms with E-state index in [2.05, 4.69) is 5.32 Å². The van der Waals surface area contributed by atoms with Crippen molar-refractivity contribution in [2.45, 2.75) is 38.8 Å². The van der Waals surface area contributed by atoms with E-state index >= 15 is 0 Å². The van der Waals surface area contributed by atoms with Crippen LogP contribution in [0.3, 0.4) is 0 Å². The topological polar surface area (TPSA) is 38.3 Å². The van der Waals surface area contributed by atoms with Crippen LogP contribution in [0.15, 0.2) is 24.3 Å². The first-order valence-electron chi connectivity index (χ1n) is 4.80. The Labute approximate surface area is 84.8 Å². The highest BCUT2D eigenvalue weighted by Crippen LogP contribution is 2.08. The van der Waals surface area contributed by atoms with Crippen molar-refractivity contribution in [1.82, 2.24) is 5.32 Å². The largest absolute Gasteiger partial charge is 0.444 e. The van der Waals surface area contributed by atoms with Crippen molar-refractivity contribution < 1.29 is 9.53 Å². The second kappa shape index (κ2) is 4.31. The molecule has 1 unspecified atom stereocenters. The molecule has 1 N–H and O–H groups in total. The van der Waals surface area contributed by atoms with Crippen molar-refractivity contribution in [3.63, 3.8) is 0 Å². The Bertz CT molecular complexity index is 261. The Balaban J connectivity index is 2.34. The molecule has 0 saturated heterocycles. The third kappa shape index (κ3) is 4.12. The van der Waals surface area contributed by atoms with Crippen LogP contribution in [0, 0.1) is 0 Å². The van der Waals surface area contributed by atoms with Crippen LogP contribution in [-0.4, -0.2) is 17.7 Å². The van der Waals surface area contributed by atoms with Gasteiger partial charge < -0.3 is 10.1 Å². The molecule has 78 valence electrons. The molecule has 1 atom stereocenters. The molecule has 0 aromatic carbocycles. The van der Waals surface area contributed by atoms with E-state index in [9.17, 15) is 4.79 Å². The first kappa shape index (κ1) is 10.8. The normalized spacial score (nSPS) is 20.6. The highest BCUT2D eigenvalue weighted by Gasteiger charge is 2.18. The summed E-state index contributed by atoms with van der Waals surface area (Å²) in [5, 5.41) is 2.78. The zero-order valence-electron chi connectivity index (χ0n) is 8.91. The van der Waals surface area contributed by atoms with E-state index in [-0.39, 0.29) is 12.1 Å². The summed E-state index contributed by atoms with van der Waals surface area (Å²) in [7, 11) is 0. The predicted octanol–water partition coefficient (Wildman–Crippen LogP) is 2.40. The van der Waals surface area contributed by atoms with E-state index in [1.165, 1.54) is 0 Å². The molecule has 1 amide bonds. The van der Waals surface area contributed by atoms with E-state index < -0.39 is 5.60 Å². The molecule has 0 saturated carbocycles. The fraction of sp³-hybridized carbons (Fsp3) is 0.545. The van der Waals surface area contributed by atoms with Crippen LogP contribution in [0.1, 0.15) is 27.2 Å². The number of carbonyl (C=O) groups excluding carboxylic acids is 1. The lowest BCUT2D eigenvalue weighted by Gasteiger charge is -2.22. The van der Waals surface area contributed by atoms with Crippen LogP contribution in [0.5, 0.6) is 0 Å². The second-order valence-corrected chi connectivity index (χ2v) is 4.30. The van der Waals surface area contributed by atoms with Crippen LogP contribution < -0.4 is 5.32 Å². The Hall–Kier alpha value is -1.25. The molecule has 0 bridgehead atoms. The average molecular weight is 195 g/mol. The number of hydrogen-bond acceptors (Lipinski definition) is 2. The summed E-state index contributed by atoms with van der Waals surface area (Å²) in [5.41, 5.74) is -0.432. The lowest BCUT2D eigenvalue weighted by atomic mass is 10.1. The maximum absolute atomic E-state index is 11.3. The highest BCUT2D eigenvalue weighted by molar-refractivity contribution is 5.68. The molecule has 3 heteroatoms. The maximum atomic E-state index is 11.3. The third-order valence-corrected chi connectivity index (χ3v) is 1.68. The van der Waals surface area contributed by atoms with Gasteiger partial charge in [0.1, 0.15) is 5.60 Å². The van der Waals surface area contributed by atoms with Gasteiger partial charge in [-0.05, 0) is 27.2 Å². The van der Waals surface area contributed by atoms with Gasteiger partial charge in [0.05, 0.1) is 6.04 Å². The second-order valence-electron chi connectivity index (χ2n) is 4.30. The number of amides is 1. The predicted molar refractivity (Wildman–Crippen MR) is 56.1 cm³/mol. The summed E-state index contributed by atoms with van der Waals surface area (Å²) < 4.78 is 5.13. The van der Waals surface area contributed by atoms with Crippen molar-refractivity contribution in [1.29, 1.82) is 0 Å². The van der Waals surface area contributed by atoms with E-state index in [0.29, 0.717) is 0 Å². The molecule has 0 aliphatic heterocycles. The molecule has 0 aromatic heterocycles. The molecule has 0 spiro atoms. The number of carbonyl (C=O) groups is 1. The van der Waals surface area contributed by atoms with Gasteiger partial charge in [0.2, 0.25) is 0 Å². The Morgan fingerprint density at radius 2 is 2.14 bits per heavy atom. The van der Waals surface area contributed by atoms with Crippen molar-refractivity contribution in [2.75, 3.05) is 0 Å². The SMILES string of the molecule is CC(C)(C)OC(=O)NC1C=CC=CC1. The minimum absolute atomic E-state index is 0.0647. The molecular formula is C11H17NO2. The van der Waals surface area contributed by atoms with Gasteiger partial charge in [0, 0.05) is 0 Å². The molecule has 3 nitrogen and oxygen atoms in total. The van der Waals surface area contributed by atoms with Gasteiger partial charge in [-0.2, -0.15) is 0 Å². The first-order chi connectivity index (χ1) is 6.47. The lowest BCUT2D eigenvalue weighted by Crippen LogP contribution is -2.38. The fourth-order valence-corrected chi connectivity index (χ4v) is 1.15. The molecule has 0 heterocycles. The fourth-order valence-electron chi connectivity index (χ4n) is 1.15. The minimum Gasteiger partial charge on any atom is -0.444 e. The summed E-state index contributed by atoms with van der Waals surface area (Å²) in [6.45, 7) is 5.55. The van der Waals surface area contributed by atoms with E-state index in [0.717, 1.165) is 6.42 Å². The molecule has 0 fully saturated rings. The number of hydrogen-bond donors (Lipinski definition) is 1. The van der Waals surface area contributed by atoms with Gasteiger partial charge in [-0.25, -0.2) is 4.79 Å². The van der Waals surface area contributed by atoms with Crippen LogP contribution in [-0.2, 0) is 4.74 Å². The monoisotopic (exact) mass is 195 g/mol. The Morgan fingerprint density at radius 3 is 2.64 bits per heavy atom. The van der Waals surface area contributed by atoms with Gasteiger partial charge in [0.25, 0.3) is 0 Å². The molecule has 1 rings (SSSR count). The molecule has 1 aliphatic carbocycles. The number of alkyl carbamates (subject to hydrolysis) is 1. The summed E-state index contributed by atoms with van der Waals surface area (Å²) in [5.74, 6) is 0. The molecule has 0 aromatic rings. The van der Waals surface area contributed by atoms with Crippen LogP contribution in [0.2, 0.25) is 0 Å². The van der Waals surface area contributed by atoms with E-state index in [1.54, 1.807) is 0 Å². The van der Waals surface area contributed by atoms with Gasteiger partial charge in [-0.3, -0.25) is 0 Å². The summed E-state index contributed by atoms with van der Waals surface area (Å²) in [6, 6.07) is 0.0647. The van der Waals surface area contributed by atoms with Crippen molar-refractivity contribution in [2.24, 2.45) is 0 Å². The number of rotatable bonds is 1. The Kier molecular flexibility index (Phi) is 3.33. The maximum Gasteiger partial charge on any atom is 0.408 e. The first-order valence-corrected chi connectivity index (χ1v) is 4.80. The number of allylic oxidation sites excluding steroid dienone is 2. The number of ether oxygens (including phenoxy) is 1. The van der Waals surface area contributed by atoms with Gasteiger partial charge >= 0.3 is 6.09 Å². The van der Waals surface area contributed by atoms with Crippen LogP contribution in [0.4, 0.5) is 4.79 Å². The van der Waals surface area contributed by atoms with Gasteiger partial charge in [-0.1, -0.05) is 24.3 Å². The smallest absolute Gasteiger partial charge is 0.408 e. The Morgan fingerprint density at radius 1 is 1.43 bits per heavy atom. The summed E-state index contributed by atoms with van der Waals surface area (Å²) in [6.07, 6.45) is 8.32. The van der Waals surface area contributed by atoms with Crippen molar-refractivity contribution in [3.05, 3.63) is 24.3 Å². The van der Waals surface area contributed by atoms with Gasteiger partial charge in [0.15, 0.2) is 0 Å². The number of nitrogens with one attached hydrogen (secondary N) is 1. The van der Waals surface area contributed by atoms with Crippen LogP contribution >= 0.6 is 0 Å². The molecule has 14 heavy (non-hydrogen) atoms. The highest BCUT2D eigenvalue weighted by atomic mass is 16.6. The van der Waals surface area contributed by atoms with E-state index in [1.807, 2.05) is 45.1 Å². The molecule has 0 radical (unpaired) electrons. The van der Waals surface area contributed by atoms with Crippen molar-refractivity contribution in [3.8, 4) is 0 Å². The standard InChI is InChI=1S/C11H17NO2/c1-11(2,3)14-10(13)12-9-7-5-4-6-8-9/h4-7,9H,8H2,1-3H3,(H,12,13). The molecule has 1 aliphatic rings. The quantitative estimate of drug-likeness (QED) is 0.697. The zero-order chi connectivity index (χ0) is 10.6. The zero-order valence-corrected chi connectivity index (χ0v) is 8.91. The van der Waals surface area contributed by atoms with Crippen LogP contribution in [0.25, 0.3) is 0 Å². The van der Waals surface area contributed by atoms with E-state index in [4.69, 9.17) is 4.74 Å². The minimum atomic E-state index is -0.432.